The van der Waals surface area contributed by atoms with Gasteiger partial charge in [0.1, 0.15) is 0 Å². The first kappa shape index (κ1) is 24.4. The molecule has 0 saturated heterocycles. The van der Waals surface area contributed by atoms with E-state index in [0.717, 1.165) is 66.1 Å². The van der Waals surface area contributed by atoms with Crippen LogP contribution in [0.15, 0.2) is 12.2 Å². The van der Waals surface area contributed by atoms with Crippen molar-refractivity contribution in [3.63, 3.8) is 0 Å². The van der Waals surface area contributed by atoms with Gasteiger partial charge in [-0.25, -0.2) is 0 Å². The third-order valence-corrected chi connectivity index (χ3v) is 11.3. The quantitative estimate of drug-likeness (QED) is 0.381. The highest BCUT2D eigenvalue weighted by Crippen LogP contribution is 2.52. The van der Waals surface area contributed by atoms with Crippen LogP contribution in [0.4, 0.5) is 0 Å². The van der Waals surface area contributed by atoms with Gasteiger partial charge in [-0.3, -0.25) is 0 Å². The van der Waals surface area contributed by atoms with Crippen LogP contribution in [0.1, 0.15) is 129 Å². The zero-order valence-electron chi connectivity index (χ0n) is 21.8. The van der Waals surface area contributed by atoms with Crippen LogP contribution in [0.3, 0.4) is 0 Å². The molecule has 7 unspecified atom stereocenters. The summed E-state index contributed by atoms with van der Waals surface area (Å²) >= 11 is 0. The van der Waals surface area contributed by atoms with Crippen molar-refractivity contribution >= 4 is 0 Å². The highest BCUT2D eigenvalue weighted by Gasteiger charge is 2.43. The predicted octanol–water partition coefficient (Wildman–Crippen LogP) is 8.95. The summed E-state index contributed by atoms with van der Waals surface area (Å²) in [6.07, 6.45) is 32.2. The molecule has 0 bridgehead atoms. The molecule has 5 aliphatic rings. The Balaban J connectivity index is 1.11. The van der Waals surface area contributed by atoms with Crippen molar-refractivity contribution in [2.75, 3.05) is 0 Å². The summed E-state index contributed by atoms with van der Waals surface area (Å²) in [4.78, 5) is 0. The Hall–Kier alpha value is -0.300. The van der Waals surface area contributed by atoms with Crippen molar-refractivity contribution in [1.82, 2.24) is 0 Å². The number of hydrogen-bond acceptors (Lipinski definition) is 1. The number of fused-ring (bicyclic) bond motifs is 1. The van der Waals surface area contributed by atoms with Gasteiger partial charge in [0.25, 0.3) is 0 Å². The van der Waals surface area contributed by atoms with Crippen molar-refractivity contribution in [1.29, 1.82) is 0 Å². The van der Waals surface area contributed by atoms with Crippen LogP contribution in [0.5, 0.6) is 0 Å². The van der Waals surface area contributed by atoms with Crippen molar-refractivity contribution in [2.45, 2.75) is 135 Å². The smallest absolute Gasteiger partial charge is 0.0545 e. The Morgan fingerprint density at radius 3 is 2.24 bits per heavy atom. The third-order valence-electron chi connectivity index (χ3n) is 11.3. The monoisotopic (exact) mass is 454 g/mol. The Morgan fingerprint density at radius 2 is 1.42 bits per heavy atom. The van der Waals surface area contributed by atoms with Crippen molar-refractivity contribution in [2.24, 2.45) is 53.3 Å². The lowest BCUT2D eigenvalue weighted by Crippen LogP contribution is -2.31. The van der Waals surface area contributed by atoms with E-state index in [2.05, 4.69) is 19.1 Å². The van der Waals surface area contributed by atoms with E-state index in [0.29, 0.717) is 0 Å². The van der Waals surface area contributed by atoms with E-state index in [1.54, 1.807) is 0 Å². The van der Waals surface area contributed by atoms with Crippen LogP contribution >= 0.6 is 0 Å². The summed E-state index contributed by atoms with van der Waals surface area (Å²) in [5.74, 6) is 8.33. The molecule has 0 amide bonds. The van der Waals surface area contributed by atoms with E-state index in [-0.39, 0.29) is 6.10 Å². The van der Waals surface area contributed by atoms with Gasteiger partial charge in [0.15, 0.2) is 0 Å². The maximum Gasteiger partial charge on any atom is 0.0545 e. The van der Waals surface area contributed by atoms with E-state index in [1.165, 1.54) is 109 Å². The number of allylic oxidation sites excluding steroid dienone is 2. The molecule has 0 aromatic rings. The lowest BCUT2D eigenvalue weighted by molar-refractivity contribution is 0.0736. The lowest BCUT2D eigenvalue weighted by Gasteiger charge is -2.40. The predicted molar refractivity (Wildman–Crippen MR) is 140 cm³/mol. The average Bonchev–Trinajstić information content (AvgIpc) is 3.25. The molecule has 33 heavy (non-hydrogen) atoms. The van der Waals surface area contributed by atoms with Gasteiger partial charge in [0, 0.05) is 0 Å². The molecule has 0 radical (unpaired) electrons. The number of aliphatic hydroxyl groups is 1. The normalized spacial score (nSPS) is 43.3. The Bertz CT molecular complexity index is 610. The minimum absolute atomic E-state index is 0.0200. The fourth-order valence-corrected chi connectivity index (χ4v) is 9.42. The molecule has 4 saturated carbocycles. The first-order valence-corrected chi connectivity index (χ1v) is 15.5. The highest BCUT2D eigenvalue weighted by molar-refractivity contribution is 5.07. The number of rotatable bonds is 7. The molecule has 1 heteroatoms. The first-order chi connectivity index (χ1) is 16.1. The van der Waals surface area contributed by atoms with E-state index in [4.69, 9.17) is 0 Å². The molecule has 188 valence electrons. The van der Waals surface area contributed by atoms with Crippen LogP contribution in [0, 0.1) is 53.3 Å². The van der Waals surface area contributed by atoms with E-state index >= 15 is 0 Å². The van der Waals surface area contributed by atoms with Crippen LogP contribution in [0.2, 0.25) is 0 Å². The minimum Gasteiger partial charge on any atom is -0.393 e. The van der Waals surface area contributed by atoms with E-state index in [1.807, 2.05) is 0 Å². The summed E-state index contributed by atoms with van der Waals surface area (Å²) in [6, 6.07) is 0. The fraction of sp³-hybridized carbons (Fsp3) is 0.938. The van der Waals surface area contributed by atoms with Gasteiger partial charge in [-0.05, 0) is 98.2 Å². The van der Waals surface area contributed by atoms with Crippen molar-refractivity contribution in [3.8, 4) is 0 Å². The van der Waals surface area contributed by atoms with Crippen LogP contribution in [-0.4, -0.2) is 11.2 Å². The second kappa shape index (κ2) is 11.6. The SMILES string of the molecule is CC1CCC(CC2C=CC3CCC(C4CCCC(CC(O)CC5CCCCC5)C4)C3C2)CC1. The van der Waals surface area contributed by atoms with Gasteiger partial charge >= 0.3 is 0 Å². The molecule has 1 N–H and O–H groups in total. The molecule has 4 fully saturated rings. The Kier molecular flexibility index (Phi) is 8.59. The van der Waals surface area contributed by atoms with E-state index < -0.39 is 0 Å². The Morgan fingerprint density at radius 1 is 0.667 bits per heavy atom. The second-order valence-electron chi connectivity index (χ2n) is 13.7. The molecule has 7 atom stereocenters. The topological polar surface area (TPSA) is 20.2 Å². The molecule has 0 spiro atoms. The number of aliphatic hydroxyl groups excluding tert-OH is 1. The highest BCUT2D eigenvalue weighted by atomic mass is 16.3. The summed E-state index contributed by atoms with van der Waals surface area (Å²) in [5.41, 5.74) is 0. The zero-order chi connectivity index (χ0) is 22.6. The molecule has 0 aromatic carbocycles. The van der Waals surface area contributed by atoms with Gasteiger partial charge < -0.3 is 5.11 Å². The van der Waals surface area contributed by atoms with Gasteiger partial charge in [-0.1, -0.05) is 96.1 Å². The largest absolute Gasteiger partial charge is 0.393 e. The van der Waals surface area contributed by atoms with Crippen molar-refractivity contribution < 1.29 is 5.11 Å². The molecule has 5 aliphatic carbocycles. The maximum atomic E-state index is 10.9. The third kappa shape index (κ3) is 6.48. The summed E-state index contributed by atoms with van der Waals surface area (Å²) in [5, 5.41) is 10.9. The molecular weight excluding hydrogens is 400 g/mol. The molecule has 0 aliphatic heterocycles. The summed E-state index contributed by atoms with van der Waals surface area (Å²) in [6.45, 7) is 2.46. The maximum absolute atomic E-state index is 10.9. The number of hydrogen-bond donors (Lipinski definition) is 1. The van der Waals surface area contributed by atoms with Gasteiger partial charge in [0.05, 0.1) is 6.10 Å². The standard InChI is InChI=1S/C32H54O/c1-23-10-12-25(13-11-23)18-27-14-15-28-16-17-31(32(28)22-27)29-9-5-8-26(19-29)21-30(33)20-24-6-3-2-4-7-24/h14-15,23-33H,2-13,16-22H2,1H3. The van der Waals surface area contributed by atoms with Gasteiger partial charge in [-0.2, -0.15) is 0 Å². The van der Waals surface area contributed by atoms with Crippen molar-refractivity contribution in [3.05, 3.63) is 12.2 Å². The van der Waals surface area contributed by atoms with Crippen LogP contribution < -0.4 is 0 Å². The molecule has 0 aromatic heterocycles. The second-order valence-corrected chi connectivity index (χ2v) is 13.7. The Labute approximate surface area is 205 Å². The van der Waals surface area contributed by atoms with Crippen LogP contribution in [0.25, 0.3) is 0 Å². The molecule has 1 nitrogen and oxygen atoms in total. The summed E-state index contributed by atoms with van der Waals surface area (Å²) in [7, 11) is 0. The molecular formula is C32H54O. The van der Waals surface area contributed by atoms with Gasteiger partial charge in [0.2, 0.25) is 0 Å². The fourth-order valence-electron chi connectivity index (χ4n) is 9.42. The lowest BCUT2D eigenvalue weighted by atomic mass is 9.66. The van der Waals surface area contributed by atoms with Gasteiger partial charge in [-0.15, -0.1) is 0 Å². The van der Waals surface area contributed by atoms with E-state index in [9.17, 15) is 5.11 Å². The zero-order valence-corrected chi connectivity index (χ0v) is 21.8. The summed E-state index contributed by atoms with van der Waals surface area (Å²) < 4.78 is 0. The first-order valence-electron chi connectivity index (χ1n) is 15.5. The molecule has 0 heterocycles. The molecule has 5 rings (SSSR count). The average molecular weight is 455 g/mol. The van der Waals surface area contributed by atoms with Crippen LogP contribution in [-0.2, 0) is 0 Å². The minimum atomic E-state index is -0.0200.